The lowest BCUT2D eigenvalue weighted by Crippen LogP contribution is -2.29. The quantitative estimate of drug-likeness (QED) is 0.528. The Morgan fingerprint density at radius 2 is 1.64 bits per heavy atom. The Labute approximate surface area is 67.9 Å². The van der Waals surface area contributed by atoms with Crippen LogP contribution in [0.1, 0.15) is 19.3 Å². The molecule has 2 saturated heterocycles. The topological polar surface area (TPSA) is 18.5 Å². The lowest BCUT2D eigenvalue weighted by atomic mass is 9.86. The van der Waals surface area contributed by atoms with E-state index >= 15 is 0 Å². The van der Waals surface area contributed by atoms with Crippen LogP contribution in [-0.4, -0.2) is 26.4 Å². The average molecular weight is 156 g/mol. The van der Waals surface area contributed by atoms with Gasteiger partial charge in [-0.2, -0.15) is 0 Å². The smallest absolute Gasteiger partial charge is 0.0518 e. The van der Waals surface area contributed by atoms with Crippen LogP contribution in [0, 0.1) is 11.8 Å². The lowest BCUT2D eigenvalue weighted by Gasteiger charge is -2.28. The number of rotatable bonds is 0. The first-order valence-corrected chi connectivity index (χ1v) is 4.62. The van der Waals surface area contributed by atoms with Gasteiger partial charge in [0.2, 0.25) is 0 Å². The molecule has 0 amide bonds. The molecule has 2 nitrogen and oxygen atoms in total. The van der Waals surface area contributed by atoms with Gasteiger partial charge in [0.15, 0.2) is 0 Å². The highest BCUT2D eigenvalue weighted by atomic mass is 16.5. The van der Waals surface area contributed by atoms with Crippen molar-refractivity contribution in [3.8, 4) is 0 Å². The van der Waals surface area contributed by atoms with Gasteiger partial charge in [-0.05, 0) is 25.2 Å². The van der Waals surface area contributed by atoms with Crippen LogP contribution >= 0.6 is 0 Å². The molecule has 11 heavy (non-hydrogen) atoms. The number of ether oxygens (including phenoxy) is 2. The summed E-state index contributed by atoms with van der Waals surface area (Å²) in [7, 11) is 0. The molecule has 2 unspecified atom stereocenters. The number of fused-ring (bicyclic) bond motifs is 1. The summed E-state index contributed by atoms with van der Waals surface area (Å²) in [5.74, 6) is 1.59. The molecule has 2 heteroatoms. The maximum absolute atomic E-state index is 5.48. The fraction of sp³-hybridized carbons (Fsp3) is 1.00. The molecule has 0 spiro atoms. The van der Waals surface area contributed by atoms with Crippen molar-refractivity contribution in [2.45, 2.75) is 19.3 Å². The predicted octanol–water partition coefficient (Wildman–Crippen LogP) is 1.45. The highest BCUT2D eigenvalue weighted by Gasteiger charge is 2.27. The van der Waals surface area contributed by atoms with Gasteiger partial charge in [0.05, 0.1) is 13.2 Å². The Bertz CT molecular complexity index is 111. The van der Waals surface area contributed by atoms with E-state index in [2.05, 4.69) is 0 Å². The molecule has 2 atom stereocenters. The Hall–Kier alpha value is -0.0800. The van der Waals surface area contributed by atoms with Gasteiger partial charge < -0.3 is 9.47 Å². The second kappa shape index (κ2) is 3.55. The van der Waals surface area contributed by atoms with Crippen LogP contribution in [0.5, 0.6) is 0 Å². The summed E-state index contributed by atoms with van der Waals surface area (Å²) >= 11 is 0. The summed E-state index contributed by atoms with van der Waals surface area (Å²) in [5, 5.41) is 0. The molecular weight excluding hydrogens is 140 g/mol. The maximum Gasteiger partial charge on any atom is 0.0518 e. The molecular formula is C9H16O2. The molecule has 0 radical (unpaired) electrons. The molecule has 64 valence electrons. The van der Waals surface area contributed by atoms with E-state index in [1.54, 1.807) is 0 Å². The van der Waals surface area contributed by atoms with Crippen molar-refractivity contribution in [3.63, 3.8) is 0 Å². The minimum atomic E-state index is 0.700. The zero-order valence-corrected chi connectivity index (χ0v) is 6.92. The largest absolute Gasteiger partial charge is 0.381 e. The lowest BCUT2D eigenvalue weighted by molar-refractivity contribution is -0.0113. The first-order chi connectivity index (χ1) is 5.47. The summed E-state index contributed by atoms with van der Waals surface area (Å²) in [6, 6.07) is 0. The minimum absolute atomic E-state index is 0.700. The van der Waals surface area contributed by atoms with E-state index < -0.39 is 0 Å². The first-order valence-electron chi connectivity index (χ1n) is 4.62. The predicted molar refractivity (Wildman–Crippen MR) is 42.5 cm³/mol. The highest BCUT2D eigenvalue weighted by Crippen LogP contribution is 2.28. The van der Waals surface area contributed by atoms with E-state index in [9.17, 15) is 0 Å². The minimum Gasteiger partial charge on any atom is -0.381 e. The second-order valence-electron chi connectivity index (χ2n) is 3.60. The van der Waals surface area contributed by atoms with Gasteiger partial charge in [0.1, 0.15) is 0 Å². The average Bonchev–Trinajstić information content (AvgIpc) is 2.28. The second-order valence-corrected chi connectivity index (χ2v) is 3.60. The normalized spacial score (nSPS) is 39.3. The Morgan fingerprint density at radius 3 is 2.55 bits per heavy atom. The van der Waals surface area contributed by atoms with E-state index in [-0.39, 0.29) is 0 Å². The summed E-state index contributed by atoms with van der Waals surface area (Å²) < 4.78 is 10.9. The molecule has 2 aliphatic heterocycles. The SMILES string of the molecule is C1COCC2COCCC2C1. The van der Waals surface area contributed by atoms with Gasteiger partial charge in [-0.1, -0.05) is 0 Å². The standard InChI is InChI=1S/C9H16O2/c1-2-8-3-5-11-7-9(8)6-10-4-1/h8-9H,1-7H2. The molecule has 0 aromatic heterocycles. The van der Waals surface area contributed by atoms with E-state index in [1.165, 1.54) is 19.3 Å². The molecule has 2 aliphatic rings. The molecule has 2 rings (SSSR count). The van der Waals surface area contributed by atoms with Crippen molar-refractivity contribution in [2.75, 3.05) is 26.4 Å². The van der Waals surface area contributed by atoms with Gasteiger partial charge in [0, 0.05) is 19.1 Å². The summed E-state index contributed by atoms with van der Waals surface area (Å²) in [6.45, 7) is 3.81. The third-order valence-electron chi connectivity index (χ3n) is 2.83. The van der Waals surface area contributed by atoms with Crippen molar-refractivity contribution in [3.05, 3.63) is 0 Å². The van der Waals surface area contributed by atoms with Gasteiger partial charge in [0.25, 0.3) is 0 Å². The van der Waals surface area contributed by atoms with Crippen LogP contribution in [0.4, 0.5) is 0 Å². The summed E-state index contributed by atoms with van der Waals surface area (Å²) in [5.41, 5.74) is 0. The van der Waals surface area contributed by atoms with Crippen molar-refractivity contribution >= 4 is 0 Å². The third-order valence-corrected chi connectivity index (χ3v) is 2.83. The number of hydrogen-bond donors (Lipinski definition) is 0. The fourth-order valence-electron chi connectivity index (χ4n) is 2.09. The molecule has 0 aliphatic carbocycles. The van der Waals surface area contributed by atoms with Gasteiger partial charge >= 0.3 is 0 Å². The van der Waals surface area contributed by atoms with Crippen LogP contribution < -0.4 is 0 Å². The van der Waals surface area contributed by atoms with Gasteiger partial charge in [-0.25, -0.2) is 0 Å². The van der Waals surface area contributed by atoms with E-state index in [0.29, 0.717) is 5.92 Å². The highest BCUT2D eigenvalue weighted by molar-refractivity contribution is 4.75. The maximum atomic E-state index is 5.48. The molecule has 2 fully saturated rings. The molecule has 0 N–H and O–H groups in total. The van der Waals surface area contributed by atoms with E-state index in [1.807, 2.05) is 0 Å². The fourth-order valence-corrected chi connectivity index (χ4v) is 2.09. The van der Waals surface area contributed by atoms with Gasteiger partial charge in [-0.15, -0.1) is 0 Å². The Morgan fingerprint density at radius 1 is 0.818 bits per heavy atom. The van der Waals surface area contributed by atoms with Crippen molar-refractivity contribution in [1.82, 2.24) is 0 Å². The summed E-state index contributed by atoms with van der Waals surface area (Å²) in [4.78, 5) is 0. The van der Waals surface area contributed by atoms with Crippen LogP contribution in [0.15, 0.2) is 0 Å². The number of hydrogen-bond acceptors (Lipinski definition) is 2. The first kappa shape index (κ1) is 7.56. The zero-order chi connectivity index (χ0) is 7.52. The van der Waals surface area contributed by atoms with Crippen LogP contribution in [0.2, 0.25) is 0 Å². The Kier molecular flexibility index (Phi) is 2.44. The molecule has 2 heterocycles. The van der Waals surface area contributed by atoms with Crippen molar-refractivity contribution in [1.29, 1.82) is 0 Å². The van der Waals surface area contributed by atoms with E-state index in [4.69, 9.17) is 9.47 Å². The molecule has 0 aromatic rings. The summed E-state index contributed by atoms with van der Waals surface area (Å²) in [6.07, 6.45) is 3.86. The van der Waals surface area contributed by atoms with Crippen LogP contribution in [0.25, 0.3) is 0 Å². The zero-order valence-electron chi connectivity index (χ0n) is 6.92. The van der Waals surface area contributed by atoms with Crippen LogP contribution in [0.3, 0.4) is 0 Å². The molecule has 0 aromatic carbocycles. The Balaban J connectivity index is 1.93. The van der Waals surface area contributed by atoms with Gasteiger partial charge in [-0.3, -0.25) is 0 Å². The third kappa shape index (κ3) is 1.74. The van der Waals surface area contributed by atoms with Crippen molar-refractivity contribution < 1.29 is 9.47 Å². The monoisotopic (exact) mass is 156 g/mol. The van der Waals surface area contributed by atoms with E-state index in [0.717, 1.165) is 32.3 Å². The molecule has 0 bridgehead atoms. The van der Waals surface area contributed by atoms with Crippen molar-refractivity contribution in [2.24, 2.45) is 11.8 Å². The van der Waals surface area contributed by atoms with Crippen LogP contribution in [-0.2, 0) is 9.47 Å². The molecule has 0 saturated carbocycles.